The number of piperidine rings is 1. The van der Waals surface area contributed by atoms with Crippen LogP contribution in [-0.4, -0.2) is 34.2 Å². The Bertz CT molecular complexity index is 1160. The molecular formula is C24H23N5O2S. The standard InChI is InChI=1S/C24H23N5O2S/c30-23(25-14-19-16-32-24(26-19)17-6-2-1-3-7-17)18-8-4-12-29(15-18)22-11-10-20(27-28-22)21-9-5-13-31-21/h1-3,5-7,9-11,13,16,18H,4,8,12,14-15H2,(H,25,30). The van der Waals surface area contributed by atoms with Crippen LogP contribution in [0.1, 0.15) is 18.5 Å². The zero-order valence-corrected chi connectivity index (χ0v) is 18.3. The molecule has 1 fully saturated rings. The first-order valence-corrected chi connectivity index (χ1v) is 11.5. The number of rotatable bonds is 6. The van der Waals surface area contributed by atoms with E-state index < -0.39 is 0 Å². The number of nitrogens with zero attached hydrogens (tertiary/aromatic N) is 4. The minimum atomic E-state index is -0.0810. The average molecular weight is 446 g/mol. The van der Waals surface area contributed by atoms with E-state index in [0.717, 1.165) is 41.5 Å². The number of hydrogen-bond acceptors (Lipinski definition) is 7. The van der Waals surface area contributed by atoms with Crippen molar-refractivity contribution in [2.45, 2.75) is 19.4 Å². The molecule has 0 saturated carbocycles. The lowest BCUT2D eigenvalue weighted by atomic mass is 9.97. The monoisotopic (exact) mass is 445 g/mol. The molecule has 0 spiro atoms. The molecular weight excluding hydrogens is 422 g/mol. The molecule has 1 amide bonds. The maximum Gasteiger partial charge on any atom is 0.225 e. The van der Waals surface area contributed by atoms with Crippen LogP contribution < -0.4 is 10.2 Å². The number of nitrogens with one attached hydrogen (secondary N) is 1. The Morgan fingerprint density at radius 3 is 2.81 bits per heavy atom. The van der Waals surface area contributed by atoms with Crippen LogP contribution in [0, 0.1) is 5.92 Å². The van der Waals surface area contributed by atoms with E-state index in [2.05, 4.69) is 25.4 Å². The molecule has 32 heavy (non-hydrogen) atoms. The van der Waals surface area contributed by atoms with Crippen LogP contribution in [0.15, 0.2) is 70.7 Å². The first kappa shape index (κ1) is 20.4. The summed E-state index contributed by atoms with van der Waals surface area (Å²) < 4.78 is 5.37. The number of amides is 1. The Kier molecular flexibility index (Phi) is 5.93. The Labute approximate surface area is 190 Å². The molecule has 0 radical (unpaired) electrons. The van der Waals surface area contributed by atoms with Gasteiger partial charge >= 0.3 is 0 Å². The fourth-order valence-electron chi connectivity index (χ4n) is 3.87. The van der Waals surface area contributed by atoms with E-state index in [-0.39, 0.29) is 11.8 Å². The number of hydrogen-bond donors (Lipinski definition) is 1. The fraction of sp³-hybridized carbons (Fsp3) is 0.250. The summed E-state index contributed by atoms with van der Waals surface area (Å²) in [5.74, 6) is 1.45. The van der Waals surface area contributed by atoms with Gasteiger partial charge in [-0.3, -0.25) is 4.79 Å². The number of aromatic nitrogens is 3. The van der Waals surface area contributed by atoms with Crippen LogP contribution in [0.25, 0.3) is 22.0 Å². The fourth-order valence-corrected chi connectivity index (χ4v) is 4.70. The number of benzene rings is 1. The molecule has 8 heteroatoms. The summed E-state index contributed by atoms with van der Waals surface area (Å²) in [6.07, 6.45) is 3.42. The lowest BCUT2D eigenvalue weighted by Crippen LogP contribution is -2.43. The van der Waals surface area contributed by atoms with Crippen molar-refractivity contribution in [1.82, 2.24) is 20.5 Å². The zero-order chi connectivity index (χ0) is 21.8. The van der Waals surface area contributed by atoms with Crippen molar-refractivity contribution in [2.75, 3.05) is 18.0 Å². The van der Waals surface area contributed by atoms with Gasteiger partial charge in [-0.2, -0.15) is 0 Å². The summed E-state index contributed by atoms with van der Waals surface area (Å²) in [5, 5.41) is 14.7. The van der Waals surface area contributed by atoms with E-state index in [4.69, 9.17) is 4.42 Å². The molecule has 5 rings (SSSR count). The molecule has 4 aromatic rings. The molecule has 0 bridgehead atoms. The molecule has 1 N–H and O–H groups in total. The van der Waals surface area contributed by atoms with E-state index >= 15 is 0 Å². The van der Waals surface area contributed by atoms with Gasteiger partial charge in [-0.05, 0) is 37.1 Å². The second-order valence-corrected chi connectivity index (χ2v) is 8.63. The highest BCUT2D eigenvalue weighted by Gasteiger charge is 2.26. The van der Waals surface area contributed by atoms with E-state index in [1.807, 2.05) is 60.0 Å². The molecule has 162 valence electrons. The summed E-state index contributed by atoms with van der Waals surface area (Å²) in [6.45, 7) is 1.94. The summed E-state index contributed by atoms with van der Waals surface area (Å²) in [6, 6.07) is 17.6. The van der Waals surface area contributed by atoms with Gasteiger partial charge in [-0.25, -0.2) is 4.98 Å². The molecule has 0 aliphatic carbocycles. The zero-order valence-electron chi connectivity index (χ0n) is 17.5. The third kappa shape index (κ3) is 4.55. The SMILES string of the molecule is O=C(NCc1csc(-c2ccccc2)n1)C1CCCN(c2ccc(-c3ccco3)nn2)C1. The maximum absolute atomic E-state index is 12.8. The van der Waals surface area contributed by atoms with Gasteiger partial charge in [0, 0.05) is 24.0 Å². The molecule has 1 aromatic carbocycles. The van der Waals surface area contributed by atoms with E-state index in [1.165, 1.54) is 0 Å². The summed E-state index contributed by atoms with van der Waals surface area (Å²) in [5.41, 5.74) is 2.68. The van der Waals surface area contributed by atoms with E-state index in [9.17, 15) is 4.79 Å². The molecule has 1 atom stereocenters. The number of anilines is 1. The van der Waals surface area contributed by atoms with Crippen molar-refractivity contribution in [3.63, 3.8) is 0 Å². The van der Waals surface area contributed by atoms with Crippen LogP contribution in [0.5, 0.6) is 0 Å². The summed E-state index contributed by atoms with van der Waals surface area (Å²) in [4.78, 5) is 19.6. The predicted molar refractivity (Wildman–Crippen MR) is 124 cm³/mol. The Morgan fingerprint density at radius 1 is 1.12 bits per heavy atom. The number of furan rings is 1. The van der Waals surface area contributed by atoms with Gasteiger partial charge in [0.15, 0.2) is 11.6 Å². The summed E-state index contributed by atoms with van der Waals surface area (Å²) >= 11 is 1.60. The summed E-state index contributed by atoms with van der Waals surface area (Å²) in [7, 11) is 0. The highest BCUT2D eigenvalue weighted by molar-refractivity contribution is 7.13. The third-order valence-corrected chi connectivity index (χ3v) is 6.50. The molecule has 3 aromatic heterocycles. The van der Waals surface area contributed by atoms with Crippen LogP contribution >= 0.6 is 11.3 Å². The predicted octanol–water partition coefficient (Wildman–Crippen LogP) is 4.39. The second kappa shape index (κ2) is 9.32. The Balaban J connectivity index is 1.17. The quantitative estimate of drug-likeness (QED) is 0.474. The Morgan fingerprint density at radius 2 is 2.03 bits per heavy atom. The second-order valence-electron chi connectivity index (χ2n) is 7.77. The van der Waals surface area contributed by atoms with E-state index in [1.54, 1.807) is 17.6 Å². The van der Waals surface area contributed by atoms with Crippen molar-refractivity contribution >= 4 is 23.1 Å². The highest BCUT2D eigenvalue weighted by Crippen LogP contribution is 2.25. The number of carbonyl (C=O) groups excluding carboxylic acids is 1. The molecule has 1 aliphatic heterocycles. The molecule has 1 unspecified atom stereocenters. The van der Waals surface area contributed by atoms with Crippen LogP contribution in [-0.2, 0) is 11.3 Å². The van der Waals surface area contributed by atoms with Crippen molar-refractivity contribution in [3.8, 4) is 22.0 Å². The van der Waals surface area contributed by atoms with Gasteiger partial charge in [-0.15, -0.1) is 21.5 Å². The lowest BCUT2D eigenvalue weighted by Gasteiger charge is -2.32. The van der Waals surface area contributed by atoms with Gasteiger partial charge < -0.3 is 14.6 Å². The maximum atomic E-state index is 12.8. The first-order valence-electron chi connectivity index (χ1n) is 10.7. The minimum absolute atomic E-state index is 0.0594. The third-order valence-electron chi connectivity index (χ3n) is 5.56. The largest absolute Gasteiger partial charge is 0.463 e. The lowest BCUT2D eigenvalue weighted by molar-refractivity contribution is -0.125. The highest BCUT2D eigenvalue weighted by atomic mass is 32.1. The number of thiazole rings is 1. The molecule has 1 saturated heterocycles. The minimum Gasteiger partial charge on any atom is -0.463 e. The van der Waals surface area contributed by atoms with Gasteiger partial charge in [0.05, 0.1) is 24.4 Å². The molecule has 4 heterocycles. The van der Waals surface area contributed by atoms with Crippen molar-refractivity contribution in [1.29, 1.82) is 0 Å². The molecule has 1 aliphatic rings. The van der Waals surface area contributed by atoms with E-state index in [0.29, 0.717) is 24.5 Å². The topological polar surface area (TPSA) is 84.2 Å². The Hall–Kier alpha value is -3.52. The number of carbonyl (C=O) groups is 1. The van der Waals surface area contributed by atoms with Crippen molar-refractivity contribution in [2.24, 2.45) is 5.92 Å². The first-order chi connectivity index (χ1) is 15.8. The smallest absolute Gasteiger partial charge is 0.225 e. The van der Waals surface area contributed by atoms with Crippen LogP contribution in [0.2, 0.25) is 0 Å². The average Bonchev–Trinajstić information content (AvgIpc) is 3.56. The van der Waals surface area contributed by atoms with Crippen molar-refractivity contribution in [3.05, 3.63) is 71.9 Å². The van der Waals surface area contributed by atoms with Gasteiger partial charge in [0.2, 0.25) is 5.91 Å². The normalized spacial score (nSPS) is 16.1. The van der Waals surface area contributed by atoms with Crippen LogP contribution in [0.4, 0.5) is 5.82 Å². The van der Waals surface area contributed by atoms with Gasteiger partial charge in [0.25, 0.3) is 0 Å². The van der Waals surface area contributed by atoms with Gasteiger partial charge in [-0.1, -0.05) is 30.3 Å². The van der Waals surface area contributed by atoms with Crippen LogP contribution in [0.3, 0.4) is 0 Å². The van der Waals surface area contributed by atoms with Gasteiger partial charge in [0.1, 0.15) is 10.7 Å². The van der Waals surface area contributed by atoms with Crippen molar-refractivity contribution < 1.29 is 9.21 Å². The molecule has 7 nitrogen and oxygen atoms in total.